The van der Waals surface area contributed by atoms with Gasteiger partial charge in [0.15, 0.2) is 0 Å². The first-order chi connectivity index (χ1) is 9.46. The van der Waals surface area contributed by atoms with Gasteiger partial charge in [-0.1, -0.05) is 19.8 Å². The van der Waals surface area contributed by atoms with E-state index < -0.39 is 17.2 Å². The van der Waals surface area contributed by atoms with Gasteiger partial charge in [0.2, 0.25) is 5.91 Å². The van der Waals surface area contributed by atoms with Gasteiger partial charge in [0, 0.05) is 11.0 Å². The summed E-state index contributed by atoms with van der Waals surface area (Å²) in [5.74, 6) is 1.06. The molecule has 1 amide bonds. The molecule has 0 aliphatic carbocycles. The van der Waals surface area contributed by atoms with Crippen molar-refractivity contribution in [3.8, 4) is 12.3 Å². The van der Waals surface area contributed by atoms with Crippen LogP contribution >= 0.6 is 11.8 Å². The number of terminal acetylenes is 1. The number of rotatable bonds is 6. The predicted molar refractivity (Wildman–Crippen MR) is 77.4 cm³/mol. The third kappa shape index (κ3) is 4.24. The second-order valence-electron chi connectivity index (χ2n) is 4.35. The van der Waals surface area contributed by atoms with Crippen molar-refractivity contribution in [2.45, 2.75) is 37.1 Å². The highest BCUT2D eigenvalue weighted by atomic mass is 32.2. The van der Waals surface area contributed by atoms with Gasteiger partial charge in [-0.3, -0.25) is 4.79 Å². The molecule has 2 nitrogen and oxygen atoms in total. The van der Waals surface area contributed by atoms with E-state index in [9.17, 15) is 13.6 Å². The van der Waals surface area contributed by atoms with E-state index >= 15 is 0 Å². The maximum atomic E-state index is 13.4. The summed E-state index contributed by atoms with van der Waals surface area (Å²) >= 11 is 1.01. The Labute approximate surface area is 122 Å². The fraction of sp³-hybridized carbons (Fsp3) is 0.400. The molecule has 0 spiro atoms. The van der Waals surface area contributed by atoms with E-state index in [0.717, 1.165) is 23.9 Å². The largest absolute Gasteiger partial charge is 0.339 e. The Balaban J connectivity index is 2.62. The van der Waals surface area contributed by atoms with Crippen molar-refractivity contribution in [1.82, 2.24) is 5.32 Å². The summed E-state index contributed by atoms with van der Waals surface area (Å²) in [7, 11) is 0. The van der Waals surface area contributed by atoms with Crippen LogP contribution in [-0.2, 0) is 4.79 Å². The topological polar surface area (TPSA) is 29.1 Å². The van der Waals surface area contributed by atoms with Crippen LogP contribution in [0.15, 0.2) is 23.1 Å². The van der Waals surface area contributed by atoms with Crippen LogP contribution in [0.3, 0.4) is 0 Å². The zero-order chi connectivity index (χ0) is 15.2. The van der Waals surface area contributed by atoms with E-state index in [2.05, 4.69) is 11.2 Å². The van der Waals surface area contributed by atoms with Crippen LogP contribution in [0.1, 0.15) is 26.7 Å². The Morgan fingerprint density at radius 1 is 1.40 bits per heavy atom. The summed E-state index contributed by atoms with van der Waals surface area (Å²) in [6.07, 6.45) is 6.70. The maximum Gasteiger partial charge on any atom is 0.231 e. The van der Waals surface area contributed by atoms with E-state index in [1.54, 1.807) is 0 Å². The Morgan fingerprint density at radius 3 is 2.55 bits per heavy atom. The predicted octanol–water partition coefficient (Wildman–Crippen LogP) is 3.37. The normalized spacial score (nSPS) is 10.9. The third-order valence-corrected chi connectivity index (χ3v) is 4.16. The molecule has 0 heterocycles. The van der Waals surface area contributed by atoms with E-state index in [1.807, 2.05) is 13.8 Å². The lowest BCUT2D eigenvalue weighted by molar-refractivity contribution is -0.119. The smallest absolute Gasteiger partial charge is 0.231 e. The van der Waals surface area contributed by atoms with Gasteiger partial charge in [-0.25, -0.2) is 8.78 Å². The molecule has 0 aromatic heterocycles. The summed E-state index contributed by atoms with van der Waals surface area (Å²) < 4.78 is 26.2. The Morgan fingerprint density at radius 2 is 2.05 bits per heavy atom. The molecule has 0 aliphatic heterocycles. The number of hydrogen-bond acceptors (Lipinski definition) is 2. The number of thioether (sulfide) groups is 1. The molecule has 0 unspecified atom stereocenters. The number of carbonyl (C=O) groups excluding carboxylic acids is 1. The fourth-order valence-corrected chi connectivity index (χ4v) is 2.43. The molecule has 0 saturated heterocycles. The number of halogens is 2. The van der Waals surface area contributed by atoms with Crippen LogP contribution in [-0.4, -0.2) is 17.2 Å². The SMILES string of the molecule is C#CC(CC)(CC)NC(=O)CSc1ccc(F)cc1F. The van der Waals surface area contributed by atoms with Crippen molar-refractivity contribution in [3.63, 3.8) is 0 Å². The van der Waals surface area contributed by atoms with Crippen molar-refractivity contribution in [2.24, 2.45) is 0 Å². The molecule has 20 heavy (non-hydrogen) atoms. The van der Waals surface area contributed by atoms with Gasteiger partial charge < -0.3 is 5.32 Å². The van der Waals surface area contributed by atoms with Crippen LogP contribution in [0.25, 0.3) is 0 Å². The van der Waals surface area contributed by atoms with Gasteiger partial charge >= 0.3 is 0 Å². The molecule has 1 aromatic carbocycles. The zero-order valence-electron chi connectivity index (χ0n) is 11.5. The van der Waals surface area contributed by atoms with Crippen molar-refractivity contribution >= 4 is 17.7 Å². The maximum absolute atomic E-state index is 13.4. The number of benzene rings is 1. The number of amides is 1. The molecule has 5 heteroatoms. The van der Waals surface area contributed by atoms with E-state index in [1.165, 1.54) is 6.07 Å². The molecule has 0 bridgehead atoms. The average molecular weight is 297 g/mol. The highest BCUT2D eigenvalue weighted by molar-refractivity contribution is 8.00. The minimum atomic E-state index is -0.669. The molecule has 0 saturated carbocycles. The molecule has 1 N–H and O–H groups in total. The van der Waals surface area contributed by atoms with Crippen molar-refractivity contribution < 1.29 is 13.6 Å². The molecule has 1 rings (SSSR count). The molecule has 0 atom stereocenters. The fourth-order valence-electron chi connectivity index (χ4n) is 1.71. The van der Waals surface area contributed by atoms with E-state index in [-0.39, 0.29) is 16.6 Å². The first-order valence-electron chi connectivity index (χ1n) is 6.33. The van der Waals surface area contributed by atoms with Gasteiger partial charge in [-0.15, -0.1) is 18.2 Å². The minimum Gasteiger partial charge on any atom is -0.339 e. The van der Waals surface area contributed by atoms with Gasteiger partial charge in [-0.2, -0.15) is 0 Å². The Bertz CT molecular complexity index is 521. The van der Waals surface area contributed by atoms with Crippen molar-refractivity contribution in [2.75, 3.05) is 5.75 Å². The van der Waals surface area contributed by atoms with Crippen LogP contribution in [0.2, 0.25) is 0 Å². The van der Waals surface area contributed by atoms with Crippen LogP contribution in [0.4, 0.5) is 8.78 Å². The summed E-state index contributed by atoms with van der Waals surface area (Å²) in [6, 6.07) is 3.27. The summed E-state index contributed by atoms with van der Waals surface area (Å²) in [6.45, 7) is 3.80. The van der Waals surface area contributed by atoms with Crippen molar-refractivity contribution in [1.29, 1.82) is 0 Å². The monoisotopic (exact) mass is 297 g/mol. The standard InChI is InChI=1S/C15H17F2NOS/c1-4-15(5-2,6-3)18-14(19)10-20-13-8-7-11(16)9-12(13)17/h1,7-9H,5-6,10H2,2-3H3,(H,18,19). The quantitative estimate of drug-likeness (QED) is 0.644. The van der Waals surface area contributed by atoms with Crippen LogP contribution in [0, 0.1) is 24.0 Å². The lowest BCUT2D eigenvalue weighted by atomic mass is 9.94. The molecule has 0 aliphatic rings. The third-order valence-electron chi connectivity index (χ3n) is 3.11. The summed E-state index contributed by atoms with van der Waals surface area (Å²) in [5.41, 5.74) is -0.654. The van der Waals surface area contributed by atoms with Crippen LogP contribution < -0.4 is 5.32 Å². The summed E-state index contributed by atoms with van der Waals surface area (Å²) in [4.78, 5) is 12.1. The first kappa shape index (κ1) is 16.5. The minimum absolute atomic E-state index is 0.0337. The van der Waals surface area contributed by atoms with E-state index in [4.69, 9.17) is 6.42 Å². The first-order valence-corrected chi connectivity index (χ1v) is 7.31. The molecule has 108 valence electrons. The lowest BCUT2D eigenvalue weighted by Crippen LogP contribution is -2.47. The lowest BCUT2D eigenvalue weighted by Gasteiger charge is -2.26. The highest BCUT2D eigenvalue weighted by Gasteiger charge is 2.25. The number of hydrogen-bond donors (Lipinski definition) is 1. The Kier molecular flexibility index (Phi) is 6.03. The molecule has 1 aromatic rings. The number of carbonyl (C=O) groups is 1. The van der Waals surface area contributed by atoms with Gasteiger partial charge in [0.05, 0.1) is 5.75 Å². The molecular weight excluding hydrogens is 280 g/mol. The van der Waals surface area contributed by atoms with Gasteiger partial charge in [-0.05, 0) is 25.0 Å². The zero-order valence-corrected chi connectivity index (χ0v) is 12.3. The number of nitrogens with one attached hydrogen (secondary N) is 1. The molecule has 0 fully saturated rings. The van der Waals surface area contributed by atoms with Gasteiger partial charge in [0.25, 0.3) is 0 Å². The second-order valence-corrected chi connectivity index (χ2v) is 5.36. The summed E-state index contributed by atoms with van der Waals surface area (Å²) in [5, 5.41) is 2.79. The Hall–Kier alpha value is -1.54. The average Bonchev–Trinajstić information content (AvgIpc) is 2.44. The highest BCUT2D eigenvalue weighted by Crippen LogP contribution is 2.22. The van der Waals surface area contributed by atoms with Crippen LogP contribution in [0.5, 0.6) is 0 Å². The molecule has 0 radical (unpaired) electrons. The van der Waals surface area contributed by atoms with E-state index in [0.29, 0.717) is 12.8 Å². The second kappa shape index (κ2) is 7.30. The van der Waals surface area contributed by atoms with Gasteiger partial charge in [0.1, 0.15) is 17.2 Å². The van der Waals surface area contributed by atoms with Crippen molar-refractivity contribution in [3.05, 3.63) is 29.8 Å². The molecular formula is C15H17F2NOS.